The number of anilines is 2. The fraction of sp³-hybridized carbons (Fsp3) is 0.211. The van der Waals surface area contributed by atoms with E-state index in [9.17, 15) is 26.4 Å². The molecule has 3 aromatic rings. The highest BCUT2D eigenvalue weighted by Gasteiger charge is 2.31. The second-order valence-electron chi connectivity index (χ2n) is 6.37. The van der Waals surface area contributed by atoms with Crippen molar-refractivity contribution in [1.29, 1.82) is 0 Å². The van der Waals surface area contributed by atoms with Gasteiger partial charge in [-0.2, -0.15) is 13.2 Å². The summed E-state index contributed by atoms with van der Waals surface area (Å²) < 4.78 is 63.5. The Morgan fingerprint density at radius 2 is 1.87 bits per heavy atom. The van der Waals surface area contributed by atoms with E-state index >= 15 is 0 Å². The van der Waals surface area contributed by atoms with Crippen molar-refractivity contribution in [2.24, 2.45) is 0 Å². The number of aromatic nitrogens is 2. The zero-order valence-corrected chi connectivity index (χ0v) is 17.7. The number of carbonyl (C=O) groups excluding carboxylic acids is 1. The number of benzene rings is 1. The topological polar surface area (TPSA) is 101 Å². The summed E-state index contributed by atoms with van der Waals surface area (Å²) in [6.07, 6.45) is -1.69. The maximum absolute atomic E-state index is 12.9. The standard InChI is InChI=1S/C19H17F3N4O3S2/c1-2-9-31(28,29)13-3-4-14(17-24-7-8-30-17)15(11-13)25-18(27)26-16-10-12(5-6-23-16)19(20,21)22/h3-8,10-11H,2,9H2,1H3,(H2,23,25,26,27). The Balaban J connectivity index is 1.91. The number of urea groups is 1. The molecule has 0 radical (unpaired) electrons. The molecular formula is C19H17F3N4O3S2. The monoisotopic (exact) mass is 470 g/mol. The van der Waals surface area contributed by atoms with Gasteiger partial charge in [0.25, 0.3) is 0 Å². The maximum atomic E-state index is 12.9. The minimum absolute atomic E-state index is 0.0159. The fourth-order valence-electron chi connectivity index (χ4n) is 2.69. The van der Waals surface area contributed by atoms with Gasteiger partial charge in [-0.05, 0) is 36.8 Å². The third-order valence-electron chi connectivity index (χ3n) is 4.06. The lowest BCUT2D eigenvalue weighted by Gasteiger charge is -2.13. The molecule has 0 saturated heterocycles. The largest absolute Gasteiger partial charge is 0.416 e. The highest BCUT2D eigenvalue weighted by atomic mass is 32.2. The van der Waals surface area contributed by atoms with E-state index in [1.807, 2.05) is 0 Å². The fourth-order valence-corrected chi connectivity index (χ4v) is 4.72. The highest BCUT2D eigenvalue weighted by Crippen LogP contribution is 2.33. The predicted octanol–water partition coefficient (Wildman–Crippen LogP) is 5.05. The van der Waals surface area contributed by atoms with Crippen LogP contribution in [0.2, 0.25) is 0 Å². The van der Waals surface area contributed by atoms with Crippen LogP contribution in [0, 0.1) is 0 Å². The van der Waals surface area contributed by atoms with Crippen LogP contribution in [0.25, 0.3) is 10.6 Å². The van der Waals surface area contributed by atoms with Crippen molar-refractivity contribution in [3.63, 3.8) is 0 Å². The molecule has 0 saturated carbocycles. The maximum Gasteiger partial charge on any atom is 0.416 e. The minimum atomic E-state index is -4.59. The highest BCUT2D eigenvalue weighted by molar-refractivity contribution is 7.91. The SMILES string of the molecule is CCCS(=O)(=O)c1ccc(-c2nccs2)c(NC(=O)Nc2cc(C(F)(F)F)ccn2)c1. The van der Waals surface area contributed by atoms with Crippen LogP contribution in [0.4, 0.5) is 29.5 Å². The normalized spacial score (nSPS) is 11.9. The number of sulfone groups is 1. The van der Waals surface area contributed by atoms with Gasteiger partial charge in [-0.15, -0.1) is 11.3 Å². The molecule has 2 amide bonds. The van der Waals surface area contributed by atoms with Crippen LogP contribution in [0.1, 0.15) is 18.9 Å². The van der Waals surface area contributed by atoms with E-state index < -0.39 is 27.6 Å². The number of nitrogens with one attached hydrogen (secondary N) is 2. The van der Waals surface area contributed by atoms with Crippen LogP contribution in [-0.2, 0) is 16.0 Å². The Morgan fingerprint density at radius 3 is 2.52 bits per heavy atom. The van der Waals surface area contributed by atoms with Gasteiger partial charge in [-0.1, -0.05) is 6.92 Å². The van der Waals surface area contributed by atoms with Crippen molar-refractivity contribution in [1.82, 2.24) is 9.97 Å². The van der Waals surface area contributed by atoms with E-state index in [4.69, 9.17) is 0 Å². The van der Waals surface area contributed by atoms with E-state index in [0.717, 1.165) is 12.3 Å². The molecule has 164 valence electrons. The second-order valence-corrected chi connectivity index (χ2v) is 9.37. The summed E-state index contributed by atoms with van der Waals surface area (Å²) in [7, 11) is -3.56. The third-order valence-corrected chi connectivity index (χ3v) is 6.79. The lowest BCUT2D eigenvalue weighted by molar-refractivity contribution is -0.137. The van der Waals surface area contributed by atoms with Crippen LogP contribution in [0.15, 0.2) is 53.0 Å². The molecule has 0 spiro atoms. The molecule has 7 nitrogen and oxygen atoms in total. The van der Waals surface area contributed by atoms with Crippen molar-refractivity contribution in [2.45, 2.75) is 24.4 Å². The number of halogens is 3. The van der Waals surface area contributed by atoms with E-state index in [1.165, 1.54) is 29.5 Å². The van der Waals surface area contributed by atoms with Crippen molar-refractivity contribution in [2.75, 3.05) is 16.4 Å². The van der Waals surface area contributed by atoms with Gasteiger partial charge in [0, 0.05) is 23.3 Å². The molecule has 0 atom stereocenters. The first-order valence-electron chi connectivity index (χ1n) is 8.98. The third kappa shape index (κ3) is 5.58. The van der Waals surface area contributed by atoms with Crippen LogP contribution >= 0.6 is 11.3 Å². The molecule has 2 N–H and O–H groups in total. The molecule has 31 heavy (non-hydrogen) atoms. The van der Waals surface area contributed by atoms with Gasteiger partial charge in [0.05, 0.1) is 21.9 Å². The van der Waals surface area contributed by atoms with Crippen LogP contribution in [0.3, 0.4) is 0 Å². The molecule has 0 aliphatic heterocycles. The van der Waals surface area contributed by atoms with Gasteiger partial charge < -0.3 is 5.32 Å². The van der Waals surface area contributed by atoms with Gasteiger partial charge in [-0.3, -0.25) is 5.32 Å². The molecular weight excluding hydrogens is 453 g/mol. The van der Waals surface area contributed by atoms with Crippen molar-refractivity contribution in [3.8, 4) is 10.6 Å². The molecule has 2 heterocycles. The average molecular weight is 470 g/mol. The summed E-state index contributed by atoms with van der Waals surface area (Å²) in [4.78, 5) is 20.3. The first kappa shape index (κ1) is 22.7. The zero-order valence-electron chi connectivity index (χ0n) is 16.1. The lowest BCUT2D eigenvalue weighted by Crippen LogP contribution is -2.21. The van der Waals surface area contributed by atoms with Gasteiger partial charge in [0.2, 0.25) is 0 Å². The average Bonchev–Trinajstić information content (AvgIpc) is 3.22. The molecule has 12 heteroatoms. The lowest BCUT2D eigenvalue weighted by atomic mass is 10.2. The van der Waals surface area contributed by atoms with E-state index in [-0.39, 0.29) is 22.2 Å². The molecule has 0 aliphatic carbocycles. The van der Waals surface area contributed by atoms with E-state index in [0.29, 0.717) is 23.1 Å². The van der Waals surface area contributed by atoms with Gasteiger partial charge in [0.15, 0.2) is 9.84 Å². The summed E-state index contributed by atoms with van der Waals surface area (Å²) in [5.41, 5.74) is -0.344. The summed E-state index contributed by atoms with van der Waals surface area (Å²) >= 11 is 1.28. The number of rotatable bonds is 6. The number of alkyl halides is 3. The number of amides is 2. The second kappa shape index (κ2) is 9.02. The number of thiazole rings is 1. The summed E-state index contributed by atoms with van der Waals surface area (Å²) in [5, 5.41) is 6.97. The molecule has 2 aromatic heterocycles. The Bertz CT molecular complexity index is 1180. The van der Waals surface area contributed by atoms with Gasteiger partial charge in [0.1, 0.15) is 10.8 Å². The Hall–Kier alpha value is -2.99. The number of nitrogens with zero attached hydrogens (tertiary/aromatic N) is 2. The summed E-state index contributed by atoms with van der Waals surface area (Å²) in [5.74, 6) is -0.374. The number of pyridine rings is 1. The number of hydrogen-bond acceptors (Lipinski definition) is 6. The van der Waals surface area contributed by atoms with E-state index in [1.54, 1.807) is 18.5 Å². The quantitative estimate of drug-likeness (QED) is 0.525. The van der Waals surface area contributed by atoms with Crippen molar-refractivity contribution < 1.29 is 26.4 Å². The van der Waals surface area contributed by atoms with E-state index in [2.05, 4.69) is 20.6 Å². The molecule has 3 rings (SSSR count). The molecule has 0 fully saturated rings. The molecule has 0 bridgehead atoms. The Kier molecular flexibility index (Phi) is 6.60. The number of hydrogen-bond donors (Lipinski definition) is 2. The Morgan fingerprint density at radius 1 is 1.10 bits per heavy atom. The molecule has 0 unspecified atom stereocenters. The first-order chi connectivity index (χ1) is 14.6. The van der Waals surface area contributed by atoms with Crippen molar-refractivity contribution in [3.05, 3.63) is 53.7 Å². The van der Waals surface area contributed by atoms with Gasteiger partial charge in [-0.25, -0.2) is 23.2 Å². The summed E-state index contributed by atoms with van der Waals surface area (Å²) in [6.45, 7) is 1.73. The van der Waals surface area contributed by atoms with Crippen LogP contribution in [-0.4, -0.2) is 30.2 Å². The molecule has 1 aromatic carbocycles. The Labute approximate surface area is 180 Å². The smallest absolute Gasteiger partial charge is 0.307 e. The van der Waals surface area contributed by atoms with Crippen LogP contribution in [0.5, 0.6) is 0 Å². The minimum Gasteiger partial charge on any atom is -0.307 e. The summed E-state index contributed by atoms with van der Waals surface area (Å²) in [6, 6.07) is 4.86. The zero-order chi connectivity index (χ0) is 22.6. The van der Waals surface area contributed by atoms with Crippen molar-refractivity contribution >= 4 is 38.7 Å². The van der Waals surface area contributed by atoms with Crippen LogP contribution < -0.4 is 10.6 Å². The number of carbonyl (C=O) groups is 1. The molecule has 0 aliphatic rings. The first-order valence-corrected chi connectivity index (χ1v) is 11.5. The predicted molar refractivity (Wildman–Crippen MR) is 112 cm³/mol. The van der Waals surface area contributed by atoms with Gasteiger partial charge >= 0.3 is 12.2 Å².